The van der Waals surface area contributed by atoms with E-state index in [9.17, 15) is 14.9 Å². The van der Waals surface area contributed by atoms with Crippen LogP contribution in [0.2, 0.25) is 0 Å². The number of morpholine rings is 1. The Morgan fingerprint density at radius 2 is 1.96 bits per heavy atom. The average Bonchev–Trinajstić information content (AvgIpc) is 3.08. The van der Waals surface area contributed by atoms with Crippen molar-refractivity contribution in [1.82, 2.24) is 14.5 Å². The molecular formula is C15H16N6O4. The maximum Gasteiger partial charge on any atom is 0.269 e. The summed E-state index contributed by atoms with van der Waals surface area (Å²) in [5.74, 6) is 0.257. The Bertz CT molecular complexity index is 780. The molecule has 1 aliphatic rings. The fourth-order valence-electron chi connectivity index (χ4n) is 2.33. The van der Waals surface area contributed by atoms with Gasteiger partial charge in [0, 0.05) is 37.6 Å². The summed E-state index contributed by atoms with van der Waals surface area (Å²) in [7, 11) is 0. The second-order valence-electron chi connectivity index (χ2n) is 5.32. The van der Waals surface area contributed by atoms with Crippen LogP contribution in [0, 0.1) is 10.1 Å². The fourth-order valence-corrected chi connectivity index (χ4v) is 2.33. The second-order valence-corrected chi connectivity index (χ2v) is 5.32. The van der Waals surface area contributed by atoms with Crippen molar-refractivity contribution < 1.29 is 14.5 Å². The van der Waals surface area contributed by atoms with E-state index in [1.54, 1.807) is 15.7 Å². The minimum Gasteiger partial charge on any atom is -0.378 e. The zero-order valence-corrected chi connectivity index (χ0v) is 13.3. The van der Waals surface area contributed by atoms with Crippen molar-refractivity contribution in [2.24, 2.45) is 10.2 Å². The highest BCUT2D eigenvalue weighted by molar-refractivity contribution is 5.76. The highest BCUT2D eigenvalue weighted by Crippen LogP contribution is 2.20. The molecule has 0 spiro atoms. The molecule has 1 fully saturated rings. The number of nitro benzene ring substituents is 1. The number of non-ortho nitro benzene ring substituents is 1. The summed E-state index contributed by atoms with van der Waals surface area (Å²) in [6.07, 6.45) is 3.19. The molecule has 1 aromatic heterocycles. The summed E-state index contributed by atoms with van der Waals surface area (Å²) in [5, 5.41) is 18.7. The van der Waals surface area contributed by atoms with Gasteiger partial charge >= 0.3 is 0 Å². The van der Waals surface area contributed by atoms with Crippen LogP contribution >= 0.6 is 0 Å². The predicted molar refractivity (Wildman–Crippen MR) is 86.9 cm³/mol. The number of carbonyl (C=O) groups excluding carboxylic acids is 1. The Hall–Kier alpha value is -3.14. The van der Waals surface area contributed by atoms with Gasteiger partial charge in [-0.25, -0.2) is 4.98 Å². The van der Waals surface area contributed by atoms with E-state index in [0.717, 1.165) is 0 Å². The molecule has 0 unspecified atom stereocenters. The molecular weight excluding hydrogens is 328 g/mol. The van der Waals surface area contributed by atoms with Crippen LogP contribution in [0.4, 0.5) is 17.3 Å². The van der Waals surface area contributed by atoms with E-state index in [-0.39, 0.29) is 18.1 Å². The second kappa shape index (κ2) is 7.62. The zero-order chi connectivity index (χ0) is 17.6. The van der Waals surface area contributed by atoms with E-state index in [2.05, 4.69) is 15.2 Å². The van der Waals surface area contributed by atoms with Crippen LogP contribution < -0.4 is 0 Å². The molecule has 1 saturated heterocycles. The lowest BCUT2D eigenvalue weighted by Crippen LogP contribution is -2.42. The number of benzene rings is 1. The van der Waals surface area contributed by atoms with Gasteiger partial charge in [0.2, 0.25) is 11.9 Å². The number of amides is 1. The van der Waals surface area contributed by atoms with E-state index in [4.69, 9.17) is 4.74 Å². The molecule has 3 rings (SSSR count). The van der Waals surface area contributed by atoms with Crippen LogP contribution in [0.1, 0.15) is 0 Å². The van der Waals surface area contributed by atoms with Gasteiger partial charge in [-0.2, -0.15) is 0 Å². The van der Waals surface area contributed by atoms with E-state index in [1.807, 2.05) is 0 Å². The van der Waals surface area contributed by atoms with Crippen molar-refractivity contribution in [3.63, 3.8) is 0 Å². The van der Waals surface area contributed by atoms with Crippen molar-refractivity contribution in [3.8, 4) is 0 Å². The number of azo groups is 1. The summed E-state index contributed by atoms with van der Waals surface area (Å²) in [4.78, 5) is 28.2. The van der Waals surface area contributed by atoms with Gasteiger partial charge in [-0.15, -0.1) is 10.2 Å². The van der Waals surface area contributed by atoms with Gasteiger partial charge in [-0.3, -0.25) is 14.9 Å². The Balaban J connectivity index is 1.66. The summed E-state index contributed by atoms with van der Waals surface area (Å²) in [5.41, 5.74) is 0.441. The number of carbonyl (C=O) groups is 1. The molecule has 0 atom stereocenters. The molecule has 130 valence electrons. The molecule has 0 bridgehead atoms. The maximum absolute atomic E-state index is 12.3. The molecule has 25 heavy (non-hydrogen) atoms. The van der Waals surface area contributed by atoms with E-state index in [1.165, 1.54) is 30.5 Å². The third kappa shape index (κ3) is 4.23. The van der Waals surface area contributed by atoms with Crippen molar-refractivity contribution in [1.29, 1.82) is 0 Å². The van der Waals surface area contributed by atoms with Gasteiger partial charge < -0.3 is 14.2 Å². The Morgan fingerprint density at radius 3 is 2.64 bits per heavy atom. The first kappa shape index (κ1) is 16.7. The number of hydrogen-bond donors (Lipinski definition) is 0. The number of imidazole rings is 1. The molecule has 1 amide bonds. The summed E-state index contributed by atoms with van der Waals surface area (Å²) >= 11 is 0. The van der Waals surface area contributed by atoms with Gasteiger partial charge in [-0.1, -0.05) is 0 Å². The van der Waals surface area contributed by atoms with Crippen molar-refractivity contribution in [2.75, 3.05) is 26.3 Å². The molecule has 2 aromatic rings. The summed E-state index contributed by atoms with van der Waals surface area (Å²) < 4.78 is 6.83. The van der Waals surface area contributed by atoms with Crippen LogP contribution in [0.3, 0.4) is 0 Å². The molecule has 10 heteroatoms. The van der Waals surface area contributed by atoms with E-state index in [0.29, 0.717) is 37.9 Å². The molecule has 2 heterocycles. The highest BCUT2D eigenvalue weighted by atomic mass is 16.6. The summed E-state index contributed by atoms with van der Waals surface area (Å²) in [6.45, 7) is 2.36. The largest absolute Gasteiger partial charge is 0.378 e. The number of nitro groups is 1. The summed E-state index contributed by atoms with van der Waals surface area (Å²) in [6, 6.07) is 5.69. The maximum atomic E-state index is 12.3. The third-order valence-corrected chi connectivity index (χ3v) is 3.68. The first-order chi connectivity index (χ1) is 12.1. The van der Waals surface area contributed by atoms with Crippen LogP contribution in [-0.4, -0.2) is 51.6 Å². The van der Waals surface area contributed by atoms with Crippen molar-refractivity contribution in [3.05, 3.63) is 46.8 Å². The van der Waals surface area contributed by atoms with Gasteiger partial charge in [0.15, 0.2) is 0 Å². The SMILES string of the molecule is O=C(Cn1ccnc1N=Nc1ccc([N+](=O)[O-])cc1)N1CCOCC1. The zero-order valence-electron chi connectivity index (χ0n) is 13.3. The van der Waals surface area contributed by atoms with Crippen LogP contribution in [0.25, 0.3) is 0 Å². The molecule has 0 aliphatic carbocycles. The Morgan fingerprint density at radius 1 is 1.24 bits per heavy atom. The van der Waals surface area contributed by atoms with Crippen molar-refractivity contribution in [2.45, 2.75) is 6.54 Å². The van der Waals surface area contributed by atoms with E-state index >= 15 is 0 Å². The van der Waals surface area contributed by atoms with Crippen LogP contribution in [-0.2, 0) is 16.1 Å². The van der Waals surface area contributed by atoms with Crippen molar-refractivity contribution >= 4 is 23.2 Å². The number of ether oxygens (including phenoxy) is 1. The number of rotatable bonds is 5. The third-order valence-electron chi connectivity index (χ3n) is 3.68. The number of nitrogens with zero attached hydrogens (tertiary/aromatic N) is 6. The topological polar surface area (TPSA) is 115 Å². The molecule has 0 N–H and O–H groups in total. The smallest absolute Gasteiger partial charge is 0.269 e. The van der Waals surface area contributed by atoms with Gasteiger partial charge in [0.05, 0.1) is 23.8 Å². The van der Waals surface area contributed by atoms with Crippen LogP contribution in [0.15, 0.2) is 46.9 Å². The molecule has 0 radical (unpaired) electrons. The highest BCUT2D eigenvalue weighted by Gasteiger charge is 2.18. The lowest BCUT2D eigenvalue weighted by atomic mass is 10.3. The lowest BCUT2D eigenvalue weighted by molar-refractivity contribution is -0.384. The van der Waals surface area contributed by atoms with Gasteiger partial charge in [0.1, 0.15) is 6.54 Å². The van der Waals surface area contributed by atoms with Gasteiger partial charge in [-0.05, 0) is 12.1 Å². The molecule has 10 nitrogen and oxygen atoms in total. The monoisotopic (exact) mass is 344 g/mol. The first-order valence-electron chi connectivity index (χ1n) is 7.66. The Kier molecular flexibility index (Phi) is 5.09. The van der Waals surface area contributed by atoms with Crippen LogP contribution in [0.5, 0.6) is 0 Å². The molecule has 0 saturated carbocycles. The average molecular weight is 344 g/mol. The lowest BCUT2D eigenvalue weighted by Gasteiger charge is -2.26. The minimum atomic E-state index is -0.481. The standard InChI is InChI=1S/C15H16N6O4/c22-14(19-7-9-25-10-8-19)11-20-6-5-16-15(20)18-17-12-1-3-13(4-2-12)21(23)24/h1-6H,7-11H2. The quantitative estimate of drug-likeness (QED) is 0.468. The fraction of sp³-hybridized carbons (Fsp3) is 0.333. The molecule has 1 aliphatic heterocycles. The minimum absolute atomic E-state index is 0.0171. The van der Waals surface area contributed by atoms with Gasteiger partial charge in [0.25, 0.3) is 5.69 Å². The predicted octanol–water partition coefficient (Wildman–Crippen LogP) is 2.07. The molecule has 1 aromatic carbocycles. The first-order valence-corrected chi connectivity index (χ1v) is 7.66. The number of aromatic nitrogens is 2. The Labute approximate surface area is 142 Å². The number of hydrogen-bond acceptors (Lipinski definition) is 7. The van der Waals surface area contributed by atoms with E-state index < -0.39 is 4.92 Å². The normalized spacial score (nSPS) is 14.8.